The van der Waals surface area contributed by atoms with Gasteiger partial charge in [-0.15, -0.1) is 0 Å². The smallest absolute Gasteiger partial charge is 0.232 e. The van der Waals surface area contributed by atoms with Crippen LogP contribution in [-0.4, -0.2) is 31.8 Å². The third-order valence-corrected chi connectivity index (χ3v) is 2.84. The Kier molecular flexibility index (Phi) is 4.97. The van der Waals surface area contributed by atoms with Crippen LogP contribution in [0.15, 0.2) is 24.3 Å². The third kappa shape index (κ3) is 2.97. The molecule has 1 unspecified atom stereocenters. The van der Waals surface area contributed by atoms with E-state index in [1.165, 1.54) is 4.90 Å². The minimum atomic E-state index is -0.357. The summed E-state index contributed by atoms with van der Waals surface area (Å²) in [6.07, 6.45) is 0.620. The summed E-state index contributed by atoms with van der Waals surface area (Å²) in [5.41, 5.74) is 0.715. The summed E-state index contributed by atoms with van der Waals surface area (Å²) in [7, 11) is 3.26. The predicted molar refractivity (Wildman–Crippen MR) is 67.3 cm³/mol. The summed E-state index contributed by atoms with van der Waals surface area (Å²) < 4.78 is 5.21. The minimum absolute atomic E-state index is 0.0977. The number of carbonyl (C=O) groups excluding carboxylic acids is 1. The first-order chi connectivity index (χ1) is 8.15. The summed E-state index contributed by atoms with van der Waals surface area (Å²) in [5, 5.41) is 9.14. The molecule has 1 atom stereocenters. The number of para-hydroxylation sites is 2. The standard InChI is InChI=1S/C13H19NO3/c1-4-10(9-15)13(16)14(2)11-7-5-6-8-12(11)17-3/h5-8,10,15H,4,9H2,1-3H3. The molecule has 0 fully saturated rings. The maximum atomic E-state index is 12.1. The molecule has 17 heavy (non-hydrogen) atoms. The highest BCUT2D eigenvalue weighted by molar-refractivity contribution is 5.95. The fourth-order valence-corrected chi connectivity index (χ4v) is 1.68. The van der Waals surface area contributed by atoms with Gasteiger partial charge in [-0.3, -0.25) is 4.79 Å². The van der Waals surface area contributed by atoms with E-state index in [0.717, 1.165) is 0 Å². The lowest BCUT2D eigenvalue weighted by Crippen LogP contribution is -2.34. The number of aliphatic hydroxyl groups is 1. The lowest BCUT2D eigenvalue weighted by atomic mass is 10.1. The Hall–Kier alpha value is -1.55. The number of hydrogen-bond donors (Lipinski definition) is 1. The fraction of sp³-hybridized carbons (Fsp3) is 0.462. The molecule has 4 heteroatoms. The molecule has 0 aliphatic heterocycles. The second-order valence-corrected chi connectivity index (χ2v) is 3.86. The van der Waals surface area contributed by atoms with E-state index in [4.69, 9.17) is 9.84 Å². The molecule has 0 spiro atoms. The molecule has 0 saturated carbocycles. The van der Waals surface area contributed by atoms with Crippen LogP contribution in [0.1, 0.15) is 13.3 Å². The molecule has 0 aromatic heterocycles. The van der Waals surface area contributed by atoms with Crippen molar-refractivity contribution < 1.29 is 14.6 Å². The van der Waals surface area contributed by atoms with Gasteiger partial charge in [-0.05, 0) is 18.6 Å². The van der Waals surface area contributed by atoms with Crippen LogP contribution in [0.5, 0.6) is 5.75 Å². The van der Waals surface area contributed by atoms with Crippen molar-refractivity contribution >= 4 is 11.6 Å². The molecule has 0 saturated heterocycles. The van der Waals surface area contributed by atoms with Crippen molar-refractivity contribution in [2.24, 2.45) is 5.92 Å². The largest absolute Gasteiger partial charge is 0.495 e. The van der Waals surface area contributed by atoms with E-state index in [0.29, 0.717) is 17.9 Å². The molecule has 0 radical (unpaired) electrons. The zero-order chi connectivity index (χ0) is 12.8. The molecular weight excluding hydrogens is 218 g/mol. The highest BCUT2D eigenvalue weighted by Crippen LogP contribution is 2.27. The number of rotatable bonds is 5. The van der Waals surface area contributed by atoms with Crippen molar-refractivity contribution in [3.63, 3.8) is 0 Å². The van der Waals surface area contributed by atoms with Gasteiger partial charge in [0.2, 0.25) is 5.91 Å². The van der Waals surface area contributed by atoms with Crippen LogP contribution in [0.25, 0.3) is 0 Å². The molecule has 94 valence electrons. The summed E-state index contributed by atoms with van der Waals surface area (Å²) in [4.78, 5) is 13.6. The summed E-state index contributed by atoms with van der Waals surface area (Å²) in [6, 6.07) is 7.32. The summed E-state index contributed by atoms with van der Waals surface area (Å²) in [6.45, 7) is 1.75. The lowest BCUT2D eigenvalue weighted by molar-refractivity contribution is -0.123. The van der Waals surface area contributed by atoms with E-state index in [1.54, 1.807) is 20.2 Å². The average Bonchev–Trinajstić information content (AvgIpc) is 2.39. The van der Waals surface area contributed by atoms with E-state index >= 15 is 0 Å². The van der Waals surface area contributed by atoms with Gasteiger partial charge in [-0.25, -0.2) is 0 Å². The molecule has 0 aliphatic carbocycles. The van der Waals surface area contributed by atoms with Gasteiger partial charge >= 0.3 is 0 Å². The molecule has 0 aliphatic rings. The Morgan fingerprint density at radius 1 is 1.47 bits per heavy atom. The summed E-state index contributed by atoms with van der Waals surface area (Å²) >= 11 is 0. The fourth-order valence-electron chi connectivity index (χ4n) is 1.68. The molecule has 1 aromatic rings. The zero-order valence-electron chi connectivity index (χ0n) is 10.5. The molecule has 1 amide bonds. The van der Waals surface area contributed by atoms with Crippen LogP contribution in [0, 0.1) is 5.92 Å². The van der Waals surface area contributed by atoms with Crippen molar-refractivity contribution in [1.82, 2.24) is 0 Å². The molecular formula is C13H19NO3. The van der Waals surface area contributed by atoms with Crippen LogP contribution in [0.2, 0.25) is 0 Å². The van der Waals surface area contributed by atoms with Gasteiger partial charge in [0.05, 0.1) is 25.3 Å². The maximum Gasteiger partial charge on any atom is 0.232 e. The Morgan fingerprint density at radius 3 is 2.65 bits per heavy atom. The zero-order valence-corrected chi connectivity index (χ0v) is 10.5. The molecule has 0 heterocycles. The van der Waals surface area contributed by atoms with Crippen molar-refractivity contribution in [1.29, 1.82) is 0 Å². The van der Waals surface area contributed by atoms with Crippen LogP contribution in [0.4, 0.5) is 5.69 Å². The number of hydrogen-bond acceptors (Lipinski definition) is 3. The maximum absolute atomic E-state index is 12.1. The first-order valence-corrected chi connectivity index (χ1v) is 5.67. The monoisotopic (exact) mass is 237 g/mol. The van der Waals surface area contributed by atoms with Gasteiger partial charge < -0.3 is 14.7 Å². The number of anilines is 1. The Bertz CT molecular complexity index is 375. The van der Waals surface area contributed by atoms with Crippen molar-refractivity contribution in [3.8, 4) is 5.75 Å². The Labute approximate surface area is 102 Å². The first-order valence-electron chi connectivity index (χ1n) is 5.67. The number of nitrogens with zero attached hydrogens (tertiary/aromatic N) is 1. The van der Waals surface area contributed by atoms with Gasteiger partial charge in [0, 0.05) is 7.05 Å². The van der Waals surface area contributed by atoms with Crippen LogP contribution >= 0.6 is 0 Å². The van der Waals surface area contributed by atoms with Gasteiger partial charge in [-0.1, -0.05) is 19.1 Å². The highest BCUT2D eigenvalue weighted by atomic mass is 16.5. The molecule has 1 aromatic carbocycles. The quantitative estimate of drug-likeness (QED) is 0.847. The first kappa shape index (κ1) is 13.5. The number of carbonyl (C=O) groups is 1. The van der Waals surface area contributed by atoms with Crippen molar-refractivity contribution in [2.45, 2.75) is 13.3 Å². The second-order valence-electron chi connectivity index (χ2n) is 3.86. The van der Waals surface area contributed by atoms with E-state index in [2.05, 4.69) is 0 Å². The number of benzene rings is 1. The van der Waals surface area contributed by atoms with Gasteiger partial charge in [-0.2, -0.15) is 0 Å². The van der Waals surface area contributed by atoms with Crippen LogP contribution < -0.4 is 9.64 Å². The lowest BCUT2D eigenvalue weighted by Gasteiger charge is -2.23. The SMILES string of the molecule is CCC(CO)C(=O)N(C)c1ccccc1OC. The van der Waals surface area contributed by atoms with Crippen molar-refractivity contribution in [3.05, 3.63) is 24.3 Å². The highest BCUT2D eigenvalue weighted by Gasteiger charge is 2.22. The minimum Gasteiger partial charge on any atom is -0.495 e. The summed E-state index contributed by atoms with van der Waals surface area (Å²) in [5.74, 6) is 0.195. The van der Waals surface area contributed by atoms with E-state index < -0.39 is 0 Å². The van der Waals surface area contributed by atoms with E-state index in [9.17, 15) is 4.79 Å². The number of amides is 1. The number of ether oxygens (including phenoxy) is 1. The average molecular weight is 237 g/mol. The Morgan fingerprint density at radius 2 is 2.12 bits per heavy atom. The van der Waals surface area contributed by atoms with E-state index in [-0.39, 0.29) is 18.4 Å². The van der Waals surface area contributed by atoms with Crippen molar-refractivity contribution in [2.75, 3.05) is 25.7 Å². The topological polar surface area (TPSA) is 49.8 Å². The number of aliphatic hydroxyl groups excluding tert-OH is 1. The van der Waals surface area contributed by atoms with Crippen LogP contribution in [-0.2, 0) is 4.79 Å². The number of methoxy groups -OCH3 is 1. The predicted octanol–water partition coefficient (Wildman–Crippen LogP) is 1.68. The molecule has 1 N–H and O–H groups in total. The third-order valence-electron chi connectivity index (χ3n) is 2.84. The van der Waals surface area contributed by atoms with Gasteiger partial charge in [0.15, 0.2) is 0 Å². The molecule has 4 nitrogen and oxygen atoms in total. The molecule has 1 rings (SSSR count). The second kappa shape index (κ2) is 6.25. The molecule has 0 bridgehead atoms. The van der Waals surface area contributed by atoms with Gasteiger partial charge in [0.1, 0.15) is 5.75 Å². The van der Waals surface area contributed by atoms with E-state index in [1.807, 2.05) is 25.1 Å². The normalized spacial score (nSPS) is 12.0. The van der Waals surface area contributed by atoms with Gasteiger partial charge in [0.25, 0.3) is 0 Å². The van der Waals surface area contributed by atoms with Crippen LogP contribution in [0.3, 0.4) is 0 Å². The Balaban J connectivity index is 2.95.